The van der Waals surface area contributed by atoms with Crippen LogP contribution < -0.4 is 10.1 Å². The molecule has 92 valence electrons. The zero-order valence-electron chi connectivity index (χ0n) is 10.9. The summed E-state index contributed by atoms with van der Waals surface area (Å²) in [5, 5.41) is 3.10. The second-order valence-electron chi connectivity index (χ2n) is 4.98. The van der Waals surface area contributed by atoms with E-state index >= 15 is 0 Å². The van der Waals surface area contributed by atoms with Crippen molar-refractivity contribution in [1.29, 1.82) is 0 Å². The quantitative estimate of drug-likeness (QED) is 0.621. The molecule has 0 atom stereocenters. The van der Waals surface area contributed by atoms with Crippen LogP contribution >= 0.6 is 0 Å². The molecule has 2 nitrogen and oxygen atoms in total. The van der Waals surface area contributed by atoms with E-state index in [-0.39, 0.29) is 5.41 Å². The number of hydrogen-bond acceptors (Lipinski definition) is 2. The van der Waals surface area contributed by atoms with E-state index in [4.69, 9.17) is 11.2 Å². The molecule has 1 N–H and O–H groups in total. The predicted molar refractivity (Wildman–Crippen MR) is 72.3 cm³/mol. The van der Waals surface area contributed by atoms with Gasteiger partial charge in [-0.25, -0.2) is 0 Å². The highest BCUT2D eigenvalue weighted by Gasteiger charge is 2.17. The van der Waals surface area contributed by atoms with Gasteiger partial charge < -0.3 is 10.1 Å². The first kappa shape index (κ1) is 13.6. The Kier molecular flexibility index (Phi) is 5.06. The molecule has 1 rings (SSSR count). The number of terminal acetylenes is 1. The number of ether oxygens (including phenoxy) is 1. The summed E-state index contributed by atoms with van der Waals surface area (Å²) in [4.78, 5) is 0. The van der Waals surface area contributed by atoms with E-state index in [0.717, 1.165) is 12.3 Å². The summed E-state index contributed by atoms with van der Waals surface area (Å²) in [6.45, 7) is 8.55. The first-order chi connectivity index (χ1) is 8.05. The van der Waals surface area contributed by atoms with Crippen molar-refractivity contribution in [3.05, 3.63) is 29.8 Å². The Morgan fingerprint density at radius 2 is 2.00 bits per heavy atom. The number of benzene rings is 1. The zero-order chi connectivity index (χ0) is 12.7. The fourth-order valence-corrected chi connectivity index (χ4v) is 1.61. The summed E-state index contributed by atoms with van der Waals surface area (Å²) < 4.78 is 5.78. The number of hydrogen-bond donors (Lipinski definition) is 1. The summed E-state index contributed by atoms with van der Waals surface area (Å²) in [5.74, 6) is 3.50. The van der Waals surface area contributed by atoms with E-state index in [9.17, 15) is 0 Å². The molecule has 0 fully saturated rings. The van der Waals surface area contributed by atoms with Crippen molar-refractivity contribution in [2.24, 2.45) is 0 Å². The summed E-state index contributed by atoms with van der Waals surface area (Å²) in [5.41, 5.74) is 1.33. The molecule has 0 aliphatic heterocycles. The van der Waals surface area contributed by atoms with E-state index in [2.05, 4.69) is 38.1 Å². The largest absolute Gasteiger partial charge is 0.492 e. The molecule has 0 radical (unpaired) electrons. The third kappa shape index (κ3) is 4.50. The van der Waals surface area contributed by atoms with Crippen molar-refractivity contribution in [1.82, 2.24) is 5.32 Å². The van der Waals surface area contributed by atoms with Gasteiger partial charge in [-0.3, -0.25) is 0 Å². The van der Waals surface area contributed by atoms with E-state index in [0.29, 0.717) is 13.2 Å². The summed E-state index contributed by atoms with van der Waals surface area (Å²) in [7, 11) is 0. The third-order valence-corrected chi connectivity index (χ3v) is 2.46. The van der Waals surface area contributed by atoms with E-state index in [1.54, 1.807) is 0 Å². The maximum Gasteiger partial charge on any atom is 0.123 e. The molecule has 0 bridgehead atoms. The third-order valence-electron chi connectivity index (χ3n) is 2.46. The molecule has 0 spiro atoms. The molecule has 0 unspecified atom stereocenters. The highest BCUT2D eigenvalue weighted by Crippen LogP contribution is 2.30. The molecule has 0 aliphatic rings. The molecule has 17 heavy (non-hydrogen) atoms. The van der Waals surface area contributed by atoms with Gasteiger partial charge in [-0.05, 0) is 17.0 Å². The Morgan fingerprint density at radius 1 is 1.29 bits per heavy atom. The molecular weight excluding hydrogens is 210 g/mol. The molecule has 2 heteroatoms. The first-order valence-corrected chi connectivity index (χ1v) is 5.92. The summed E-state index contributed by atoms with van der Waals surface area (Å²) in [6, 6.07) is 8.18. The van der Waals surface area contributed by atoms with Crippen LogP contribution in [0.4, 0.5) is 0 Å². The van der Waals surface area contributed by atoms with Crippen LogP contribution in [0.1, 0.15) is 26.3 Å². The van der Waals surface area contributed by atoms with Crippen LogP contribution in [0.25, 0.3) is 0 Å². The predicted octanol–water partition coefficient (Wildman–Crippen LogP) is 2.59. The van der Waals surface area contributed by atoms with Gasteiger partial charge in [0, 0.05) is 6.54 Å². The maximum absolute atomic E-state index is 5.78. The Balaban J connectivity index is 2.56. The van der Waals surface area contributed by atoms with Gasteiger partial charge in [-0.2, -0.15) is 0 Å². The SMILES string of the molecule is C#CCNCCOc1ccccc1C(C)(C)C. The van der Waals surface area contributed by atoms with Crippen LogP contribution in [0.3, 0.4) is 0 Å². The maximum atomic E-state index is 5.78. The lowest BCUT2D eigenvalue weighted by atomic mass is 9.86. The van der Waals surface area contributed by atoms with Crippen molar-refractivity contribution >= 4 is 0 Å². The Bertz CT molecular complexity index is 385. The van der Waals surface area contributed by atoms with Gasteiger partial charge >= 0.3 is 0 Å². The van der Waals surface area contributed by atoms with Crippen LogP contribution in [0.2, 0.25) is 0 Å². The van der Waals surface area contributed by atoms with Gasteiger partial charge in [-0.1, -0.05) is 44.9 Å². The van der Waals surface area contributed by atoms with E-state index in [1.807, 2.05) is 18.2 Å². The van der Waals surface area contributed by atoms with Crippen LogP contribution in [0, 0.1) is 12.3 Å². The average Bonchev–Trinajstić information content (AvgIpc) is 2.28. The van der Waals surface area contributed by atoms with Gasteiger partial charge in [0.05, 0.1) is 6.54 Å². The minimum atomic E-state index is 0.100. The first-order valence-electron chi connectivity index (χ1n) is 5.92. The van der Waals surface area contributed by atoms with E-state index < -0.39 is 0 Å². The second kappa shape index (κ2) is 6.32. The van der Waals surface area contributed by atoms with E-state index in [1.165, 1.54) is 5.56 Å². The lowest BCUT2D eigenvalue weighted by Crippen LogP contribution is -2.22. The Morgan fingerprint density at radius 3 is 2.65 bits per heavy atom. The van der Waals surface area contributed by atoms with Crippen LogP contribution in [-0.4, -0.2) is 19.7 Å². The van der Waals surface area contributed by atoms with Crippen LogP contribution in [-0.2, 0) is 5.41 Å². The van der Waals surface area contributed by atoms with Crippen LogP contribution in [0.5, 0.6) is 5.75 Å². The van der Waals surface area contributed by atoms with Gasteiger partial charge in [0.1, 0.15) is 12.4 Å². The lowest BCUT2D eigenvalue weighted by molar-refractivity contribution is 0.308. The van der Waals surface area contributed by atoms with Crippen molar-refractivity contribution in [2.45, 2.75) is 26.2 Å². The Hall–Kier alpha value is -1.46. The van der Waals surface area contributed by atoms with Gasteiger partial charge in [0.2, 0.25) is 0 Å². The van der Waals surface area contributed by atoms with Crippen molar-refractivity contribution in [3.63, 3.8) is 0 Å². The minimum absolute atomic E-state index is 0.100. The molecule has 0 aliphatic carbocycles. The monoisotopic (exact) mass is 231 g/mol. The van der Waals surface area contributed by atoms with Crippen LogP contribution in [0.15, 0.2) is 24.3 Å². The zero-order valence-corrected chi connectivity index (χ0v) is 10.9. The normalized spacial score (nSPS) is 10.9. The number of nitrogens with one attached hydrogen (secondary N) is 1. The fourth-order valence-electron chi connectivity index (χ4n) is 1.61. The topological polar surface area (TPSA) is 21.3 Å². The molecule has 0 aromatic heterocycles. The van der Waals surface area contributed by atoms with Crippen molar-refractivity contribution < 1.29 is 4.74 Å². The average molecular weight is 231 g/mol. The lowest BCUT2D eigenvalue weighted by Gasteiger charge is -2.22. The minimum Gasteiger partial charge on any atom is -0.492 e. The van der Waals surface area contributed by atoms with Crippen molar-refractivity contribution in [3.8, 4) is 18.1 Å². The molecule has 0 heterocycles. The molecule has 1 aromatic carbocycles. The van der Waals surface area contributed by atoms with Gasteiger partial charge in [0.15, 0.2) is 0 Å². The van der Waals surface area contributed by atoms with Crippen molar-refractivity contribution in [2.75, 3.05) is 19.7 Å². The molecule has 0 saturated carbocycles. The standard InChI is InChI=1S/C15H21NO/c1-5-10-16-11-12-17-14-9-7-6-8-13(14)15(2,3)4/h1,6-9,16H,10-12H2,2-4H3. The second-order valence-corrected chi connectivity index (χ2v) is 4.98. The van der Waals surface area contributed by atoms with Gasteiger partial charge in [0.25, 0.3) is 0 Å². The molecule has 1 aromatic rings. The smallest absolute Gasteiger partial charge is 0.123 e. The molecule has 0 amide bonds. The fraction of sp³-hybridized carbons (Fsp3) is 0.467. The Labute approximate surface area is 104 Å². The highest BCUT2D eigenvalue weighted by atomic mass is 16.5. The summed E-state index contributed by atoms with van der Waals surface area (Å²) >= 11 is 0. The number of rotatable bonds is 5. The molecule has 0 saturated heterocycles. The van der Waals surface area contributed by atoms with Gasteiger partial charge in [-0.15, -0.1) is 6.42 Å². The summed E-state index contributed by atoms with van der Waals surface area (Å²) in [6.07, 6.45) is 5.15. The molecular formula is C15H21NO. The highest BCUT2D eigenvalue weighted by molar-refractivity contribution is 5.38. The number of para-hydroxylation sites is 1.